The highest BCUT2D eigenvalue weighted by Gasteiger charge is 2.40. The Morgan fingerprint density at radius 3 is 2.62 bits per heavy atom. The van der Waals surface area contributed by atoms with Crippen molar-refractivity contribution in [3.8, 4) is 11.1 Å². The maximum atomic E-state index is 3.65. The van der Waals surface area contributed by atoms with Crippen LogP contribution in [0.5, 0.6) is 0 Å². The van der Waals surface area contributed by atoms with Gasteiger partial charge in [0.2, 0.25) is 0 Å². The summed E-state index contributed by atoms with van der Waals surface area (Å²) in [5.41, 5.74) is 7.25. The highest BCUT2D eigenvalue weighted by Crippen LogP contribution is 2.56. The smallest absolute Gasteiger partial charge is 0.0382 e. The Bertz CT molecular complexity index is 953. The topological polar surface area (TPSA) is 0 Å². The van der Waals surface area contributed by atoms with Gasteiger partial charge in [0.25, 0.3) is 0 Å². The molecule has 3 heteroatoms. The predicted octanol–water partition coefficient (Wildman–Crippen LogP) is 7.16. The normalized spacial score (nSPS) is 24.9. The van der Waals surface area contributed by atoms with Crippen molar-refractivity contribution >= 4 is 43.6 Å². The molecule has 120 valence electrons. The zero-order valence-corrected chi connectivity index (χ0v) is 17.4. The van der Waals surface area contributed by atoms with E-state index in [4.69, 9.17) is 0 Å². The summed E-state index contributed by atoms with van der Waals surface area (Å²) in [6.07, 6.45) is 6.88. The average molecular weight is 460 g/mol. The Labute approximate surface area is 163 Å². The standard InChI is InChI=1S/C21H16Br2S/c1-21(2)17-8-12(23)3-5-13(17)14-10-20-16(9-18(14)21)15-7-11(22)4-6-19(15)24-20/h3-10,15,19H,1-2H3. The highest BCUT2D eigenvalue weighted by molar-refractivity contribution is 9.12. The summed E-state index contributed by atoms with van der Waals surface area (Å²) >= 11 is 9.30. The number of hydrogen-bond acceptors (Lipinski definition) is 1. The second-order valence-electron chi connectivity index (χ2n) is 7.27. The van der Waals surface area contributed by atoms with Crippen LogP contribution in [0.2, 0.25) is 0 Å². The third kappa shape index (κ3) is 2.04. The van der Waals surface area contributed by atoms with E-state index in [1.54, 1.807) is 0 Å². The van der Waals surface area contributed by atoms with Crippen molar-refractivity contribution in [1.82, 2.24) is 0 Å². The average Bonchev–Trinajstić information content (AvgIpc) is 2.99. The van der Waals surface area contributed by atoms with Crippen LogP contribution >= 0.6 is 43.6 Å². The molecule has 3 aliphatic rings. The van der Waals surface area contributed by atoms with E-state index in [0.717, 1.165) is 4.47 Å². The van der Waals surface area contributed by atoms with Gasteiger partial charge in [0.1, 0.15) is 0 Å². The van der Waals surface area contributed by atoms with E-state index in [2.05, 4.69) is 94.3 Å². The maximum absolute atomic E-state index is 3.65. The third-order valence-electron chi connectivity index (χ3n) is 5.53. The van der Waals surface area contributed by atoms with Gasteiger partial charge in [-0.3, -0.25) is 0 Å². The molecule has 0 radical (unpaired) electrons. The second-order valence-corrected chi connectivity index (χ2v) is 10.3. The molecule has 1 heterocycles. The molecule has 0 N–H and O–H groups in total. The Morgan fingerprint density at radius 2 is 1.79 bits per heavy atom. The number of rotatable bonds is 0. The van der Waals surface area contributed by atoms with E-state index in [0.29, 0.717) is 11.2 Å². The molecule has 0 saturated carbocycles. The molecule has 2 aromatic carbocycles. The molecular formula is C21H16Br2S. The summed E-state index contributed by atoms with van der Waals surface area (Å²) in [7, 11) is 0. The van der Waals surface area contributed by atoms with Crippen molar-refractivity contribution in [2.45, 2.75) is 35.3 Å². The van der Waals surface area contributed by atoms with Crippen LogP contribution < -0.4 is 0 Å². The molecule has 1 aliphatic heterocycles. The first kappa shape index (κ1) is 15.5. The molecule has 0 nitrogen and oxygen atoms in total. The van der Waals surface area contributed by atoms with Gasteiger partial charge in [-0.2, -0.15) is 0 Å². The molecule has 0 amide bonds. The second kappa shape index (κ2) is 5.12. The van der Waals surface area contributed by atoms with Crippen molar-refractivity contribution < 1.29 is 0 Å². The lowest BCUT2D eigenvalue weighted by molar-refractivity contribution is 0.657. The third-order valence-corrected chi connectivity index (χ3v) is 7.88. The molecule has 24 heavy (non-hydrogen) atoms. The molecule has 0 saturated heterocycles. The van der Waals surface area contributed by atoms with Gasteiger partial charge < -0.3 is 0 Å². The minimum absolute atomic E-state index is 0.0533. The number of hydrogen-bond donors (Lipinski definition) is 0. The van der Waals surface area contributed by atoms with Crippen molar-refractivity contribution in [2.24, 2.45) is 0 Å². The summed E-state index contributed by atoms with van der Waals surface area (Å²) in [4.78, 5) is 1.44. The minimum Gasteiger partial charge on any atom is -0.117 e. The Kier molecular flexibility index (Phi) is 3.30. The fourth-order valence-electron chi connectivity index (χ4n) is 4.27. The number of allylic oxidation sites excluding steroid dienone is 3. The number of fused-ring (bicyclic) bond motifs is 6. The van der Waals surface area contributed by atoms with Gasteiger partial charge in [0, 0.05) is 30.4 Å². The quantitative estimate of drug-likeness (QED) is 0.402. The van der Waals surface area contributed by atoms with Gasteiger partial charge in [0.15, 0.2) is 0 Å². The van der Waals surface area contributed by atoms with Crippen LogP contribution in [0.4, 0.5) is 0 Å². The predicted molar refractivity (Wildman–Crippen MR) is 110 cm³/mol. The van der Waals surface area contributed by atoms with E-state index < -0.39 is 0 Å². The molecule has 0 spiro atoms. The lowest BCUT2D eigenvalue weighted by atomic mass is 9.80. The first-order valence-corrected chi connectivity index (χ1v) is 10.6. The van der Waals surface area contributed by atoms with Gasteiger partial charge in [-0.05, 0) is 46.0 Å². The van der Waals surface area contributed by atoms with Crippen LogP contribution in [0, 0.1) is 0 Å². The summed E-state index contributed by atoms with van der Waals surface area (Å²) in [5.74, 6) is 0.487. The van der Waals surface area contributed by atoms with Crippen LogP contribution in [0.25, 0.3) is 11.1 Å². The highest BCUT2D eigenvalue weighted by atomic mass is 79.9. The summed E-state index contributed by atoms with van der Waals surface area (Å²) in [6, 6.07) is 11.6. The fourth-order valence-corrected chi connectivity index (χ4v) is 6.40. The molecule has 2 atom stereocenters. The number of halogens is 2. The SMILES string of the molecule is CC1(C)c2cc(Br)ccc2-c2cc3c(cc21)C1C=C(Br)C=CC1S3. The van der Waals surface area contributed by atoms with Gasteiger partial charge in [0.05, 0.1) is 0 Å². The first-order valence-electron chi connectivity index (χ1n) is 8.16. The van der Waals surface area contributed by atoms with Gasteiger partial charge in [-0.25, -0.2) is 0 Å². The van der Waals surface area contributed by atoms with Crippen LogP contribution in [-0.2, 0) is 5.41 Å². The number of benzene rings is 2. The summed E-state index contributed by atoms with van der Waals surface area (Å²) in [6.45, 7) is 4.70. The van der Waals surface area contributed by atoms with E-state index in [9.17, 15) is 0 Å². The van der Waals surface area contributed by atoms with E-state index in [1.807, 2.05) is 11.8 Å². The van der Waals surface area contributed by atoms with E-state index in [1.165, 1.54) is 37.2 Å². The Hall–Kier alpha value is -0.770. The Balaban J connectivity index is 1.74. The van der Waals surface area contributed by atoms with Gasteiger partial charge >= 0.3 is 0 Å². The van der Waals surface area contributed by atoms with Crippen molar-refractivity contribution in [3.63, 3.8) is 0 Å². The van der Waals surface area contributed by atoms with Crippen molar-refractivity contribution in [1.29, 1.82) is 0 Å². The Morgan fingerprint density at radius 1 is 1.00 bits per heavy atom. The molecule has 0 bridgehead atoms. The van der Waals surface area contributed by atoms with Crippen LogP contribution in [0.3, 0.4) is 0 Å². The molecule has 0 fully saturated rings. The maximum Gasteiger partial charge on any atom is 0.0382 e. The molecule has 2 aliphatic carbocycles. The zero-order chi connectivity index (χ0) is 16.6. The summed E-state index contributed by atoms with van der Waals surface area (Å²) in [5, 5.41) is 0.538. The molecule has 5 rings (SSSR count). The van der Waals surface area contributed by atoms with Gasteiger partial charge in [-0.1, -0.05) is 76.1 Å². The van der Waals surface area contributed by atoms with Crippen LogP contribution in [-0.4, -0.2) is 5.25 Å². The molecule has 2 aromatic rings. The lowest BCUT2D eigenvalue weighted by Crippen LogP contribution is -2.16. The van der Waals surface area contributed by atoms with E-state index >= 15 is 0 Å². The molecule has 2 unspecified atom stereocenters. The number of thioether (sulfide) groups is 1. The van der Waals surface area contributed by atoms with Crippen LogP contribution in [0.15, 0.2) is 62.4 Å². The van der Waals surface area contributed by atoms with Crippen molar-refractivity contribution in [3.05, 3.63) is 74.2 Å². The van der Waals surface area contributed by atoms with Crippen LogP contribution in [0.1, 0.15) is 36.5 Å². The molecule has 0 aromatic heterocycles. The monoisotopic (exact) mass is 458 g/mol. The summed E-state index contributed by atoms with van der Waals surface area (Å²) < 4.78 is 2.36. The zero-order valence-electron chi connectivity index (χ0n) is 13.4. The lowest BCUT2D eigenvalue weighted by Gasteiger charge is -2.23. The molecular weight excluding hydrogens is 444 g/mol. The fraction of sp³-hybridized carbons (Fsp3) is 0.238. The van der Waals surface area contributed by atoms with Gasteiger partial charge in [-0.15, -0.1) is 11.8 Å². The minimum atomic E-state index is 0.0533. The largest absolute Gasteiger partial charge is 0.117 e. The van der Waals surface area contributed by atoms with Crippen molar-refractivity contribution in [2.75, 3.05) is 0 Å². The van der Waals surface area contributed by atoms with E-state index in [-0.39, 0.29) is 5.41 Å². The first-order chi connectivity index (χ1) is 11.4.